The second kappa shape index (κ2) is 6.36. The molecule has 0 saturated heterocycles. The molecular weight excluding hydrogens is 468 g/mol. The zero-order valence-corrected chi connectivity index (χ0v) is 13.8. The summed E-state index contributed by atoms with van der Waals surface area (Å²) in [6, 6.07) is 0. The van der Waals surface area contributed by atoms with Gasteiger partial charge in [-0.15, -0.1) is 0 Å². The molecule has 0 aromatic carbocycles. The van der Waals surface area contributed by atoms with E-state index in [4.69, 9.17) is 0 Å². The van der Waals surface area contributed by atoms with Crippen LogP contribution in [0.3, 0.4) is 0 Å². The predicted octanol–water partition coefficient (Wildman–Crippen LogP) is 6.47. The topological polar surface area (TPSA) is 0 Å². The van der Waals surface area contributed by atoms with Crippen molar-refractivity contribution in [2.45, 2.75) is 66.4 Å². The van der Waals surface area contributed by atoms with Crippen LogP contribution < -0.4 is 0 Å². The van der Waals surface area contributed by atoms with E-state index in [0.29, 0.717) is 0 Å². The first-order chi connectivity index (χ1) is 9.83. The smallest absolute Gasteiger partial charge is 0.200 e. The van der Waals surface area contributed by atoms with Gasteiger partial charge < -0.3 is 0 Å². The van der Waals surface area contributed by atoms with Crippen LogP contribution in [0.4, 0.5) is 48.3 Å². The van der Waals surface area contributed by atoms with Crippen molar-refractivity contribution in [3.8, 4) is 0 Å². The van der Waals surface area contributed by atoms with Gasteiger partial charge in [-0.05, 0) is 12.8 Å². The van der Waals surface area contributed by atoms with E-state index in [1.165, 1.54) is 36.4 Å². The van der Waals surface area contributed by atoms with E-state index in [0.717, 1.165) is 0 Å². The molecule has 12 heteroatoms. The molecule has 0 radical (unpaired) electrons. The van der Waals surface area contributed by atoms with Crippen LogP contribution in [0.15, 0.2) is 0 Å². The highest BCUT2D eigenvalue weighted by molar-refractivity contribution is 14.1. The number of hydrogen-bond acceptors (Lipinski definition) is 0. The first-order valence-corrected chi connectivity index (χ1v) is 7.17. The van der Waals surface area contributed by atoms with E-state index in [1.54, 1.807) is 0 Å². The molecule has 0 atom stereocenters. The fourth-order valence-corrected chi connectivity index (χ4v) is 2.09. The van der Waals surface area contributed by atoms with Gasteiger partial charge in [-0.3, -0.25) is 0 Å². The molecule has 0 bridgehead atoms. The number of hydrogen-bond donors (Lipinski definition) is 0. The molecule has 140 valence electrons. The van der Waals surface area contributed by atoms with E-state index in [9.17, 15) is 48.3 Å². The van der Waals surface area contributed by atoms with Gasteiger partial charge in [0.15, 0.2) is 0 Å². The summed E-state index contributed by atoms with van der Waals surface area (Å²) in [5.74, 6) is -27.3. The first kappa shape index (κ1) is 23.0. The zero-order valence-electron chi connectivity index (χ0n) is 11.7. The Hall–Kier alpha value is -0.0400. The summed E-state index contributed by atoms with van der Waals surface area (Å²) < 4.78 is 139. The monoisotopic (exact) mass is 480 g/mol. The lowest BCUT2D eigenvalue weighted by Crippen LogP contribution is -2.67. The lowest BCUT2D eigenvalue weighted by Gasteiger charge is -2.39. The fraction of sp³-hybridized carbons (Fsp3) is 1.00. The Morgan fingerprint density at radius 3 is 1.22 bits per heavy atom. The van der Waals surface area contributed by atoms with E-state index in [2.05, 4.69) is 0 Å². The van der Waals surface area contributed by atoms with Gasteiger partial charge in [0.1, 0.15) is 0 Å². The van der Waals surface area contributed by atoms with Crippen molar-refractivity contribution in [3.05, 3.63) is 0 Å². The SMILES string of the molecule is CCC(I)(CC)CC(F)(F)C(F)(F)C(F)(F)C(F)(F)C(F)(F)F. The van der Waals surface area contributed by atoms with Crippen molar-refractivity contribution in [2.75, 3.05) is 0 Å². The third kappa shape index (κ3) is 3.80. The summed E-state index contributed by atoms with van der Waals surface area (Å²) in [6.07, 6.45) is -9.52. The van der Waals surface area contributed by atoms with Gasteiger partial charge in [-0.2, -0.15) is 48.3 Å². The molecule has 0 heterocycles. The maximum absolute atomic E-state index is 13.5. The summed E-state index contributed by atoms with van der Waals surface area (Å²) in [5.41, 5.74) is 0. The second-order valence-electron chi connectivity index (χ2n) is 4.96. The molecule has 0 aliphatic carbocycles. The minimum atomic E-state index is -7.32. The highest BCUT2D eigenvalue weighted by Gasteiger charge is 2.87. The minimum absolute atomic E-state index is 0.211. The third-order valence-electron chi connectivity index (χ3n) is 3.41. The predicted molar refractivity (Wildman–Crippen MR) is 67.8 cm³/mol. The summed E-state index contributed by atoms with van der Waals surface area (Å²) in [4.78, 5) is 0. The lowest BCUT2D eigenvalue weighted by atomic mass is 9.88. The van der Waals surface area contributed by atoms with Crippen molar-refractivity contribution >= 4 is 22.6 Å². The average Bonchev–Trinajstić information content (AvgIpc) is 2.36. The van der Waals surface area contributed by atoms with Crippen molar-refractivity contribution in [3.63, 3.8) is 0 Å². The molecule has 0 nitrogen and oxygen atoms in total. The standard InChI is InChI=1S/C11H12F11I/c1-3-6(23,4-2)5-7(12,13)8(14,15)9(16,17)10(18,19)11(20,21)22/h3-5H2,1-2H3. The summed E-state index contributed by atoms with van der Waals surface area (Å²) >= 11 is 1.27. The third-order valence-corrected chi connectivity index (χ3v) is 5.32. The quantitative estimate of drug-likeness (QED) is 0.223. The minimum Gasteiger partial charge on any atom is -0.200 e. The van der Waals surface area contributed by atoms with Crippen LogP contribution in [0.25, 0.3) is 0 Å². The maximum Gasteiger partial charge on any atom is 0.460 e. The van der Waals surface area contributed by atoms with E-state index < -0.39 is 39.7 Å². The van der Waals surface area contributed by atoms with Crippen LogP contribution >= 0.6 is 22.6 Å². The molecule has 0 aromatic heterocycles. The molecule has 0 spiro atoms. The van der Waals surface area contributed by atoms with Gasteiger partial charge in [0.2, 0.25) is 0 Å². The largest absolute Gasteiger partial charge is 0.460 e. The van der Waals surface area contributed by atoms with Gasteiger partial charge in [-0.25, -0.2) is 0 Å². The lowest BCUT2D eigenvalue weighted by molar-refractivity contribution is -0.422. The first-order valence-electron chi connectivity index (χ1n) is 6.10. The van der Waals surface area contributed by atoms with Crippen LogP contribution in [0, 0.1) is 0 Å². The molecule has 0 amide bonds. The average molecular weight is 480 g/mol. The fourth-order valence-electron chi connectivity index (χ4n) is 1.61. The van der Waals surface area contributed by atoms with Crippen molar-refractivity contribution in [2.24, 2.45) is 0 Å². The van der Waals surface area contributed by atoms with Crippen LogP contribution in [0.2, 0.25) is 0 Å². The van der Waals surface area contributed by atoms with Gasteiger partial charge in [0, 0.05) is 9.84 Å². The Balaban J connectivity index is 5.94. The van der Waals surface area contributed by atoms with E-state index >= 15 is 0 Å². The van der Waals surface area contributed by atoms with Crippen LogP contribution in [0.5, 0.6) is 0 Å². The Morgan fingerprint density at radius 1 is 0.609 bits per heavy atom. The molecule has 0 rings (SSSR count). The number of rotatable bonds is 7. The second-order valence-corrected chi connectivity index (χ2v) is 7.25. The molecule has 0 aromatic rings. The normalized spacial score (nSPS) is 15.9. The molecule has 0 unspecified atom stereocenters. The van der Waals surface area contributed by atoms with Crippen molar-refractivity contribution < 1.29 is 48.3 Å². The summed E-state index contributed by atoms with van der Waals surface area (Å²) in [7, 11) is 0. The van der Waals surface area contributed by atoms with E-state index in [-0.39, 0.29) is 12.8 Å². The molecule has 0 saturated carbocycles. The number of alkyl halides is 12. The molecule has 23 heavy (non-hydrogen) atoms. The van der Waals surface area contributed by atoms with Crippen LogP contribution in [0.1, 0.15) is 33.1 Å². The van der Waals surface area contributed by atoms with Gasteiger partial charge >= 0.3 is 29.9 Å². The number of halogens is 12. The Labute approximate surface area is 137 Å². The Kier molecular flexibility index (Phi) is 6.34. The maximum atomic E-state index is 13.5. The van der Waals surface area contributed by atoms with Crippen molar-refractivity contribution in [1.29, 1.82) is 0 Å². The highest BCUT2D eigenvalue weighted by atomic mass is 127. The zero-order chi connectivity index (χ0) is 19.1. The van der Waals surface area contributed by atoms with Crippen LogP contribution in [-0.4, -0.2) is 33.3 Å². The van der Waals surface area contributed by atoms with Crippen LogP contribution in [-0.2, 0) is 0 Å². The Morgan fingerprint density at radius 2 is 0.957 bits per heavy atom. The van der Waals surface area contributed by atoms with E-state index in [1.807, 2.05) is 0 Å². The summed E-state index contributed by atoms with van der Waals surface area (Å²) in [6.45, 7) is 2.51. The highest BCUT2D eigenvalue weighted by Crippen LogP contribution is 2.59. The van der Waals surface area contributed by atoms with Gasteiger partial charge in [-0.1, -0.05) is 36.4 Å². The molecule has 0 fully saturated rings. The van der Waals surface area contributed by atoms with Gasteiger partial charge in [0.05, 0.1) is 0 Å². The van der Waals surface area contributed by atoms with Crippen molar-refractivity contribution in [1.82, 2.24) is 0 Å². The Bertz CT molecular complexity index is 409. The molecule has 0 N–H and O–H groups in total. The molecule has 0 aliphatic heterocycles. The van der Waals surface area contributed by atoms with Gasteiger partial charge in [0.25, 0.3) is 0 Å². The molecule has 0 aliphatic rings. The molecular formula is C11H12F11I. The summed E-state index contributed by atoms with van der Waals surface area (Å²) in [5, 5.41) is 0.